The van der Waals surface area contributed by atoms with Crippen molar-refractivity contribution in [1.29, 1.82) is 0 Å². The molecular formula is C33H40F3N11O2. The Kier molecular flexibility index (Phi) is 10.6. The number of aromatic amines is 1. The zero-order chi connectivity index (χ0) is 34.4. The molecule has 1 amide bonds. The van der Waals surface area contributed by atoms with Gasteiger partial charge in [-0.2, -0.15) is 23.3 Å². The molecule has 0 spiro atoms. The lowest BCUT2D eigenvalue weighted by molar-refractivity contribution is -0.137. The topological polar surface area (TPSA) is 131 Å². The third-order valence-electron chi connectivity index (χ3n) is 8.73. The van der Waals surface area contributed by atoms with Gasteiger partial charge in [-0.15, -0.1) is 0 Å². The number of morpholine rings is 1. The van der Waals surface area contributed by atoms with Crippen LogP contribution in [0.1, 0.15) is 28.4 Å². The van der Waals surface area contributed by atoms with Crippen molar-refractivity contribution in [2.24, 2.45) is 0 Å². The van der Waals surface area contributed by atoms with Gasteiger partial charge in [0, 0.05) is 75.4 Å². The van der Waals surface area contributed by atoms with Gasteiger partial charge in [-0.3, -0.25) is 14.6 Å². The SMILES string of the molecule is CCN1CCN(c2cc(C(=O)Nc3ccc(C)c(N(c4cc(NCCN5CCOCC5)ncn4)c4ncn[nH]4)c3)cc(C(F)(F)F)c2)CC1. The van der Waals surface area contributed by atoms with Crippen LogP contribution in [0.15, 0.2) is 55.1 Å². The Hall–Kier alpha value is -4.80. The molecule has 3 N–H and O–H groups in total. The quantitative estimate of drug-likeness (QED) is 0.207. The standard InChI is InChI=1S/C33H40F3N11O2/c1-3-44-8-10-46(11-9-44)27-17-24(16-25(18-27)33(34,35)36)31(48)42-26-5-4-23(2)28(19-26)47(32-40-22-41-43-32)30-20-29(38-21-39-30)37-6-7-45-12-14-49-15-13-45/h4-5,16-22H,3,6-15H2,1-2H3,(H,42,48)(H,37,38,39)(H,40,41,43). The van der Waals surface area contributed by atoms with Gasteiger partial charge < -0.3 is 25.2 Å². The first-order valence-electron chi connectivity index (χ1n) is 16.3. The van der Waals surface area contributed by atoms with E-state index < -0.39 is 17.6 Å². The highest BCUT2D eigenvalue weighted by Crippen LogP contribution is 2.36. The molecule has 0 aliphatic carbocycles. The molecule has 2 aliphatic heterocycles. The Morgan fingerprint density at radius 3 is 2.47 bits per heavy atom. The van der Waals surface area contributed by atoms with Gasteiger partial charge in [-0.1, -0.05) is 13.0 Å². The van der Waals surface area contributed by atoms with Gasteiger partial charge in [-0.05, 0) is 49.4 Å². The van der Waals surface area contributed by atoms with Crippen molar-refractivity contribution in [2.45, 2.75) is 20.0 Å². The summed E-state index contributed by atoms with van der Waals surface area (Å²) in [6.45, 7) is 12.2. The van der Waals surface area contributed by atoms with Crippen LogP contribution < -0.4 is 20.4 Å². The van der Waals surface area contributed by atoms with Crippen LogP contribution in [0.2, 0.25) is 0 Å². The molecule has 4 aromatic rings. The number of hydrogen-bond donors (Lipinski definition) is 3. The number of rotatable bonds is 11. The van der Waals surface area contributed by atoms with Crippen LogP contribution in [0.4, 0.5) is 47.8 Å². The molecule has 49 heavy (non-hydrogen) atoms. The number of carbonyl (C=O) groups is 1. The molecular weight excluding hydrogens is 639 g/mol. The summed E-state index contributed by atoms with van der Waals surface area (Å²) in [6, 6.07) is 10.6. The van der Waals surface area contributed by atoms with Crippen LogP contribution >= 0.6 is 0 Å². The highest BCUT2D eigenvalue weighted by atomic mass is 19.4. The van der Waals surface area contributed by atoms with Gasteiger partial charge in [0.1, 0.15) is 24.3 Å². The second kappa shape index (κ2) is 15.2. The largest absolute Gasteiger partial charge is 0.416 e. The molecule has 2 saturated heterocycles. The summed E-state index contributed by atoms with van der Waals surface area (Å²) in [5.74, 6) is 0.809. The first-order chi connectivity index (χ1) is 23.7. The molecule has 0 unspecified atom stereocenters. The lowest BCUT2D eigenvalue weighted by Crippen LogP contribution is -2.46. The summed E-state index contributed by atoms with van der Waals surface area (Å²) < 4.78 is 47.4. The molecule has 0 radical (unpaired) electrons. The van der Waals surface area contributed by atoms with Crippen molar-refractivity contribution < 1.29 is 22.7 Å². The molecule has 2 fully saturated rings. The number of anilines is 6. The Morgan fingerprint density at radius 1 is 0.959 bits per heavy atom. The minimum Gasteiger partial charge on any atom is -0.379 e. The highest BCUT2D eigenvalue weighted by Gasteiger charge is 2.33. The average Bonchev–Trinajstić information content (AvgIpc) is 3.64. The van der Waals surface area contributed by atoms with Gasteiger partial charge in [0.25, 0.3) is 5.91 Å². The smallest absolute Gasteiger partial charge is 0.379 e. The molecule has 16 heteroatoms. The number of ether oxygens (including phenoxy) is 1. The lowest BCUT2D eigenvalue weighted by Gasteiger charge is -2.36. The molecule has 2 aliphatic rings. The van der Waals surface area contributed by atoms with Crippen LogP contribution in [-0.4, -0.2) is 113 Å². The monoisotopic (exact) mass is 679 g/mol. The van der Waals surface area contributed by atoms with E-state index in [1.54, 1.807) is 23.1 Å². The number of benzene rings is 2. The molecule has 6 rings (SSSR count). The van der Waals surface area contributed by atoms with Crippen molar-refractivity contribution in [3.63, 3.8) is 0 Å². The molecule has 2 aromatic carbocycles. The Balaban J connectivity index is 1.24. The molecule has 0 atom stereocenters. The summed E-state index contributed by atoms with van der Waals surface area (Å²) in [7, 11) is 0. The summed E-state index contributed by atoms with van der Waals surface area (Å²) in [5, 5.41) is 13.1. The molecule has 2 aromatic heterocycles. The number of piperazine rings is 1. The number of alkyl halides is 3. The van der Waals surface area contributed by atoms with Crippen molar-refractivity contribution in [2.75, 3.05) is 92.5 Å². The Labute approximate surface area is 282 Å². The van der Waals surface area contributed by atoms with Gasteiger partial charge in [0.15, 0.2) is 0 Å². The summed E-state index contributed by atoms with van der Waals surface area (Å²) in [6.07, 6.45) is -1.79. The number of aryl methyl sites for hydroxylation is 1. The number of likely N-dealkylation sites (N-methyl/N-ethyl adjacent to an activating group) is 1. The predicted molar refractivity (Wildman–Crippen MR) is 181 cm³/mol. The Morgan fingerprint density at radius 2 is 1.76 bits per heavy atom. The van der Waals surface area contributed by atoms with Crippen molar-refractivity contribution in [3.8, 4) is 0 Å². The molecule has 0 bridgehead atoms. The fourth-order valence-corrected chi connectivity index (χ4v) is 5.93. The fraction of sp³-hybridized carbons (Fsp3) is 0.424. The predicted octanol–water partition coefficient (Wildman–Crippen LogP) is 4.53. The minimum atomic E-state index is -4.61. The summed E-state index contributed by atoms with van der Waals surface area (Å²) >= 11 is 0. The number of nitrogens with one attached hydrogen (secondary N) is 3. The average molecular weight is 680 g/mol. The number of carbonyl (C=O) groups excluding carboxylic acids is 1. The maximum Gasteiger partial charge on any atom is 0.416 e. The molecule has 13 nitrogen and oxygen atoms in total. The second-order valence-corrected chi connectivity index (χ2v) is 11.9. The number of hydrogen-bond acceptors (Lipinski definition) is 11. The highest BCUT2D eigenvalue weighted by molar-refractivity contribution is 6.05. The zero-order valence-corrected chi connectivity index (χ0v) is 27.5. The molecule has 4 heterocycles. The maximum absolute atomic E-state index is 14.0. The minimum absolute atomic E-state index is 0.0828. The van der Waals surface area contributed by atoms with Gasteiger partial charge in [0.05, 0.1) is 24.5 Å². The molecule has 260 valence electrons. The first kappa shape index (κ1) is 34.1. The number of H-pyrrole nitrogens is 1. The number of nitrogens with zero attached hydrogens (tertiary/aromatic N) is 8. The van der Waals surface area contributed by atoms with Crippen LogP contribution in [0, 0.1) is 6.92 Å². The fourth-order valence-electron chi connectivity index (χ4n) is 5.93. The van der Waals surface area contributed by atoms with Crippen LogP contribution in [-0.2, 0) is 10.9 Å². The van der Waals surface area contributed by atoms with E-state index in [1.165, 1.54) is 18.7 Å². The van der Waals surface area contributed by atoms with E-state index in [2.05, 4.69) is 52.5 Å². The first-order valence-corrected chi connectivity index (χ1v) is 16.3. The van der Waals surface area contributed by atoms with Crippen LogP contribution in [0.25, 0.3) is 0 Å². The summed E-state index contributed by atoms with van der Waals surface area (Å²) in [4.78, 5) is 35.0. The van der Waals surface area contributed by atoms with E-state index in [-0.39, 0.29) is 5.56 Å². The van der Waals surface area contributed by atoms with Crippen molar-refractivity contribution in [1.82, 2.24) is 34.9 Å². The molecule has 0 saturated carbocycles. The summed E-state index contributed by atoms with van der Waals surface area (Å²) in [5.41, 5.74) is 1.24. The lowest BCUT2D eigenvalue weighted by atomic mass is 10.1. The van der Waals surface area contributed by atoms with Crippen LogP contribution in [0.5, 0.6) is 0 Å². The van der Waals surface area contributed by atoms with E-state index in [9.17, 15) is 18.0 Å². The third-order valence-corrected chi connectivity index (χ3v) is 8.73. The number of amides is 1. The number of aromatic nitrogens is 5. The Bertz CT molecular complexity index is 1710. The zero-order valence-electron chi connectivity index (χ0n) is 27.5. The van der Waals surface area contributed by atoms with Crippen molar-refractivity contribution in [3.05, 3.63) is 71.8 Å². The number of halogens is 3. The van der Waals surface area contributed by atoms with E-state index in [0.717, 1.165) is 70.2 Å². The second-order valence-electron chi connectivity index (χ2n) is 11.9. The van der Waals surface area contributed by atoms with E-state index in [0.29, 0.717) is 54.3 Å². The van der Waals surface area contributed by atoms with Gasteiger partial charge >= 0.3 is 6.18 Å². The van der Waals surface area contributed by atoms with Gasteiger partial charge in [-0.25, -0.2) is 15.1 Å². The normalized spacial score (nSPS) is 16.1. The van der Waals surface area contributed by atoms with Crippen molar-refractivity contribution >= 4 is 40.6 Å². The maximum atomic E-state index is 14.0. The third kappa shape index (κ3) is 8.44. The van der Waals surface area contributed by atoms with Crippen LogP contribution in [0.3, 0.4) is 0 Å². The van der Waals surface area contributed by atoms with E-state index in [1.807, 2.05) is 17.9 Å². The van der Waals surface area contributed by atoms with E-state index >= 15 is 0 Å². The van der Waals surface area contributed by atoms with E-state index in [4.69, 9.17) is 4.74 Å². The van der Waals surface area contributed by atoms with Gasteiger partial charge in [0.2, 0.25) is 5.95 Å².